The average molecular weight is 380 g/mol. The van der Waals surface area contributed by atoms with Gasteiger partial charge in [-0.25, -0.2) is 0 Å². The normalized spacial score (nSPS) is 13.2. The van der Waals surface area contributed by atoms with Crippen LogP contribution in [0.2, 0.25) is 0 Å². The van der Waals surface area contributed by atoms with Crippen LogP contribution in [0.4, 0.5) is 5.69 Å². The predicted octanol–water partition coefficient (Wildman–Crippen LogP) is 6.98. The molecule has 2 rings (SSSR count). The number of phenols is 1. The van der Waals surface area contributed by atoms with Gasteiger partial charge >= 0.3 is 0 Å². The number of hydrogen-bond acceptors (Lipinski definition) is 2. The van der Waals surface area contributed by atoms with Crippen molar-refractivity contribution in [2.45, 2.75) is 77.7 Å². The lowest BCUT2D eigenvalue weighted by molar-refractivity contribution is 0.466. The van der Waals surface area contributed by atoms with Crippen LogP contribution in [0.3, 0.4) is 0 Å². The summed E-state index contributed by atoms with van der Waals surface area (Å²) in [6.45, 7) is 17.1. The first kappa shape index (κ1) is 22.1. The molecule has 0 aliphatic heterocycles. The highest BCUT2D eigenvalue weighted by molar-refractivity contribution is 5.66. The predicted molar refractivity (Wildman–Crippen MR) is 122 cm³/mol. The Balaban J connectivity index is 2.33. The van der Waals surface area contributed by atoms with E-state index in [-0.39, 0.29) is 16.9 Å². The second-order valence-corrected chi connectivity index (χ2v) is 9.81. The molecule has 152 valence electrons. The summed E-state index contributed by atoms with van der Waals surface area (Å²) in [6, 6.07) is 14.9. The third kappa shape index (κ3) is 5.89. The molecule has 0 aliphatic carbocycles. The van der Waals surface area contributed by atoms with Gasteiger partial charge in [0.05, 0.1) is 5.69 Å². The molecule has 0 fully saturated rings. The molecule has 2 aromatic rings. The van der Waals surface area contributed by atoms with Gasteiger partial charge in [0.25, 0.3) is 0 Å². The first-order valence-corrected chi connectivity index (χ1v) is 10.3. The fraction of sp³-hybridized carbons (Fsp3) is 0.462. The van der Waals surface area contributed by atoms with Gasteiger partial charge in [0.15, 0.2) is 0 Å². The molecule has 2 heteroatoms. The van der Waals surface area contributed by atoms with Crippen LogP contribution in [0, 0.1) is 0 Å². The summed E-state index contributed by atoms with van der Waals surface area (Å²) in [4.78, 5) is 0. The Kier molecular flexibility index (Phi) is 6.98. The Morgan fingerprint density at radius 1 is 1.00 bits per heavy atom. The number of aryl methyl sites for hydroxylation is 1. The van der Waals surface area contributed by atoms with Gasteiger partial charge in [-0.2, -0.15) is 0 Å². The monoisotopic (exact) mass is 379 g/mol. The van der Waals surface area contributed by atoms with Gasteiger partial charge in [0.2, 0.25) is 0 Å². The molecule has 2 nitrogen and oxygen atoms in total. The summed E-state index contributed by atoms with van der Waals surface area (Å²) in [5.41, 5.74) is 4.43. The standard InChI is InChI=1S/C26H37NO/c1-8-12-21(16-15-19-13-10-9-11-14-19)27-24-22(26(5,6)7)17-20(18-23(24)28)25(2,3)4/h8-11,13-14,17-18,21,27-28H,1,12,15-16H2,2-7H3/t21-/m1/s1. The third-order valence-electron chi connectivity index (χ3n) is 5.22. The molecule has 0 aliphatic rings. The molecule has 0 unspecified atom stereocenters. The minimum atomic E-state index is -0.0702. The van der Waals surface area contributed by atoms with Crippen molar-refractivity contribution in [3.63, 3.8) is 0 Å². The summed E-state index contributed by atoms with van der Waals surface area (Å²) >= 11 is 0. The molecule has 2 N–H and O–H groups in total. The van der Waals surface area contributed by atoms with Crippen LogP contribution in [0.5, 0.6) is 5.75 Å². The van der Waals surface area contributed by atoms with Crippen molar-refractivity contribution in [3.05, 3.63) is 71.8 Å². The first-order chi connectivity index (χ1) is 13.0. The Labute approximate surface area is 171 Å². The van der Waals surface area contributed by atoms with Crippen LogP contribution in [0.1, 0.15) is 71.1 Å². The van der Waals surface area contributed by atoms with Gasteiger partial charge in [-0.05, 0) is 52.8 Å². The minimum absolute atomic E-state index is 0.0101. The molecule has 0 saturated heterocycles. The molecule has 0 aromatic heterocycles. The first-order valence-electron chi connectivity index (χ1n) is 10.3. The van der Waals surface area contributed by atoms with Crippen molar-refractivity contribution < 1.29 is 5.11 Å². The van der Waals surface area contributed by atoms with Gasteiger partial charge in [-0.3, -0.25) is 0 Å². The van der Waals surface area contributed by atoms with Gasteiger partial charge in [0, 0.05) is 6.04 Å². The number of benzene rings is 2. The zero-order valence-electron chi connectivity index (χ0n) is 18.5. The molecule has 28 heavy (non-hydrogen) atoms. The molecule has 0 saturated carbocycles. The highest BCUT2D eigenvalue weighted by Gasteiger charge is 2.26. The molecule has 0 spiro atoms. The van der Waals surface area contributed by atoms with Crippen molar-refractivity contribution in [2.75, 3.05) is 5.32 Å². The van der Waals surface area contributed by atoms with Crippen LogP contribution < -0.4 is 5.32 Å². The fourth-order valence-corrected chi connectivity index (χ4v) is 3.44. The van der Waals surface area contributed by atoms with E-state index in [2.05, 4.69) is 83.8 Å². The van der Waals surface area contributed by atoms with Crippen molar-refractivity contribution in [2.24, 2.45) is 0 Å². The van der Waals surface area contributed by atoms with E-state index in [1.165, 1.54) is 5.56 Å². The zero-order chi connectivity index (χ0) is 20.9. The van der Waals surface area contributed by atoms with E-state index in [0.29, 0.717) is 5.75 Å². The number of phenolic OH excluding ortho intramolecular Hbond substituents is 1. The summed E-state index contributed by atoms with van der Waals surface area (Å²) in [7, 11) is 0. The lowest BCUT2D eigenvalue weighted by Gasteiger charge is -2.30. The molecule has 2 aromatic carbocycles. The van der Waals surface area contributed by atoms with Crippen molar-refractivity contribution in [1.29, 1.82) is 0 Å². The SMILES string of the molecule is C=CC[C@H](CCc1ccccc1)Nc1c(O)cc(C(C)(C)C)cc1C(C)(C)C. The van der Waals surface area contributed by atoms with E-state index < -0.39 is 0 Å². The second-order valence-electron chi connectivity index (χ2n) is 9.81. The maximum Gasteiger partial charge on any atom is 0.139 e. The van der Waals surface area contributed by atoms with Gasteiger partial charge in [0.1, 0.15) is 5.75 Å². The van der Waals surface area contributed by atoms with Crippen molar-refractivity contribution in [3.8, 4) is 5.75 Å². The van der Waals surface area contributed by atoms with Gasteiger partial charge < -0.3 is 10.4 Å². The summed E-state index contributed by atoms with van der Waals surface area (Å²) in [6.07, 6.45) is 4.80. The highest BCUT2D eigenvalue weighted by Crippen LogP contribution is 2.40. The number of nitrogens with one attached hydrogen (secondary N) is 1. The highest BCUT2D eigenvalue weighted by atomic mass is 16.3. The molecule has 0 amide bonds. The van der Waals surface area contributed by atoms with Crippen LogP contribution in [-0.2, 0) is 17.3 Å². The molecule has 0 bridgehead atoms. The average Bonchev–Trinajstić information content (AvgIpc) is 2.60. The van der Waals surface area contributed by atoms with E-state index in [1.807, 2.05) is 18.2 Å². The number of rotatable bonds is 7. The smallest absolute Gasteiger partial charge is 0.139 e. The summed E-state index contributed by atoms with van der Waals surface area (Å²) in [5.74, 6) is 0.339. The Morgan fingerprint density at radius 2 is 1.64 bits per heavy atom. The lowest BCUT2D eigenvalue weighted by atomic mass is 9.79. The number of anilines is 1. The van der Waals surface area contributed by atoms with E-state index in [9.17, 15) is 5.11 Å². The maximum absolute atomic E-state index is 10.9. The fourth-order valence-electron chi connectivity index (χ4n) is 3.44. The molecule has 0 radical (unpaired) electrons. The number of aromatic hydroxyl groups is 1. The molecule has 0 heterocycles. The second kappa shape index (κ2) is 8.86. The van der Waals surface area contributed by atoms with E-state index in [1.54, 1.807) is 0 Å². The van der Waals surface area contributed by atoms with Crippen LogP contribution >= 0.6 is 0 Å². The Bertz CT molecular complexity index is 779. The van der Waals surface area contributed by atoms with Crippen LogP contribution in [0.15, 0.2) is 55.1 Å². The van der Waals surface area contributed by atoms with E-state index in [0.717, 1.165) is 36.1 Å². The summed E-state index contributed by atoms with van der Waals surface area (Å²) in [5, 5.41) is 14.6. The largest absolute Gasteiger partial charge is 0.506 e. The minimum Gasteiger partial charge on any atom is -0.506 e. The van der Waals surface area contributed by atoms with Crippen LogP contribution in [0.25, 0.3) is 0 Å². The number of hydrogen-bond donors (Lipinski definition) is 2. The molecular weight excluding hydrogens is 342 g/mol. The Morgan fingerprint density at radius 3 is 2.18 bits per heavy atom. The molecular formula is C26H37NO. The Hall–Kier alpha value is -2.22. The maximum atomic E-state index is 10.9. The van der Waals surface area contributed by atoms with E-state index in [4.69, 9.17) is 0 Å². The van der Waals surface area contributed by atoms with Gasteiger partial charge in [-0.15, -0.1) is 6.58 Å². The summed E-state index contributed by atoms with van der Waals surface area (Å²) < 4.78 is 0. The zero-order valence-corrected chi connectivity index (χ0v) is 18.5. The van der Waals surface area contributed by atoms with Gasteiger partial charge in [-0.1, -0.05) is 84.0 Å². The van der Waals surface area contributed by atoms with E-state index >= 15 is 0 Å². The molecule has 1 atom stereocenters. The van der Waals surface area contributed by atoms with Crippen LogP contribution in [-0.4, -0.2) is 11.1 Å². The van der Waals surface area contributed by atoms with Crippen molar-refractivity contribution >= 4 is 5.69 Å². The third-order valence-corrected chi connectivity index (χ3v) is 5.22. The quantitative estimate of drug-likeness (QED) is 0.402. The van der Waals surface area contributed by atoms with Crippen molar-refractivity contribution in [1.82, 2.24) is 0 Å². The topological polar surface area (TPSA) is 32.3 Å². The lowest BCUT2D eigenvalue weighted by Crippen LogP contribution is -2.24.